The van der Waals surface area contributed by atoms with E-state index in [4.69, 9.17) is 11.6 Å². The van der Waals surface area contributed by atoms with Crippen LogP contribution >= 0.6 is 11.6 Å². The van der Waals surface area contributed by atoms with E-state index in [9.17, 15) is 14.8 Å². The highest BCUT2D eigenvalue weighted by atomic mass is 35.5. The number of amides is 2. The van der Waals surface area contributed by atoms with Crippen LogP contribution < -0.4 is 15.4 Å². The van der Waals surface area contributed by atoms with Gasteiger partial charge >= 0.3 is 0 Å². The molecule has 1 aliphatic rings. The fourth-order valence-electron chi connectivity index (χ4n) is 4.69. The number of hydrogen-bond donors (Lipinski definition) is 2. The van der Waals surface area contributed by atoms with Gasteiger partial charge in [0, 0.05) is 31.9 Å². The average Bonchev–Trinajstić information content (AvgIpc) is 3.28. The Hall–Kier alpha value is -3.53. The highest BCUT2D eigenvalue weighted by Gasteiger charge is 2.32. The second-order valence-electron chi connectivity index (χ2n) is 8.94. The van der Waals surface area contributed by atoms with Crippen LogP contribution in [0.2, 0.25) is 5.02 Å². The first kappa shape index (κ1) is 25.6. The van der Waals surface area contributed by atoms with E-state index in [0.29, 0.717) is 4.73 Å². The first-order valence-electron chi connectivity index (χ1n) is 11.6. The third kappa shape index (κ3) is 5.18. The lowest BCUT2D eigenvalue weighted by Crippen LogP contribution is -2.49. The van der Waals surface area contributed by atoms with Crippen LogP contribution in [0, 0.1) is 29.7 Å². The summed E-state index contributed by atoms with van der Waals surface area (Å²) in [5, 5.41) is 21.3. The molecule has 0 saturated heterocycles. The Morgan fingerprint density at radius 1 is 1.17 bits per heavy atom. The molecule has 3 aromatic rings. The second-order valence-corrected chi connectivity index (χ2v) is 9.35. The van der Waals surface area contributed by atoms with Gasteiger partial charge in [0.15, 0.2) is 11.9 Å². The molecular weight excluding hydrogens is 492 g/mol. The van der Waals surface area contributed by atoms with Crippen molar-refractivity contribution in [3.8, 4) is 11.1 Å². The summed E-state index contributed by atoms with van der Waals surface area (Å²) in [6, 6.07) is 3.83. The maximum atomic E-state index is 15.1. The Morgan fingerprint density at radius 3 is 2.44 bits per heavy atom. The van der Waals surface area contributed by atoms with E-state index < -0.39 is 35.1 Å². The lowest BCUT2D eigenvalue weighted by Gasteiger charge is -2.30. The summed E-state index contributed by atoms with van der Waals surface area (Å²) in [4.78, 5) is 26.1. The number of anilines is 1. The maximum Gasteiger partial charge on any atom is 0.270 e. The van der Waals surface area contributed by atoms with Crippen molar-refractivity contribution in [1.82, 2.24) is 15.1 Å². The molecule has 1 fully saturated rings. The first-order valence-corrected chi connectivity index (χ1v) is 12.0. The van der Waals surface area contributed by atoms with E-state index in [2.05, 4.69) is 15.7 Å². The van der Waals surface area contributed by atoms with Crippen LogP contribution in [0.25, 0.3) is 11.1 Å². The van der Waals surface area contributed by atoms with Crippen molar-refractivity contribution >= 4 is 29.1 Å². The van der Waals surface area contributed by atoms with Crippen molar-refractivity contribution in [1.29, 1.82) is 0 Å². The molecule has 4 rings (SSSR count). The average molecular weight is 518 g/mol. The van der Waals surface area contributed by atoms with E-state index in [1.807, 2.05) is 0 Å². The number of hydrogen-bond acceptors (Lipinski definition) is 4. The standard InChI is InChI=1S/C25H26ClF2N5O3/c1-14-21(17(26)9-11-33(14)36)22-18(27)12-16(13-19(22)28)30-25(35)23(15-6-4-3-5-7-15)31-24(34)20-8-10-29-32(20)2/h8-13,15,23H,3-7H2,1-2H3,(H,30,35)(H,31,34)/t23-/m0/s1. The maximum absolute atomic E-state index is 15.1. The molecule has 0 unspecified atom stereocenters. The molecule has 1 atom stereocenters. The van der Waals surface area contributed by atoms with Gasteiger partial charge in [0.2, 0.25) is 5.91 Å². The minimum Gasteiger partial charge on any atom is -0.618 e. The van der Waals surface area contributed by atoms with E-state index in [-0.39, 0.29) is 33.6 Å². The zero-order valence-electron chi connectivity index (χ0n) is 19.9. The highest BCUT2D eigenvalue weighted by molar-refractivity contribution is 6.33. The van der Waals surface area contributed by atoms with Crippen LogP contribution in [0.5, 0.6) is 0 Å². The summed E-state index contributed by atoms with van der Waals surface area (Å²) in [5.74, 6) is -3.14. The monoisotopic (exact) mass is 517 g/mol. The van der Waals surface area contributed by atoms with Crippen LogP contribution in [0.4, 0.5) is 14.5 Å². The van der Waals surface area contributed by atoms with Gasteiger partial charge in [0.25, 0.3) is 5.91 Å². The quantitative estimate of drug-likeness (QED) is 0.376. The predicted octanol–water partition coefficient (Wildman–Crippen LogP) is 4.28. The Morgan fingerprint density at radius 2 is 1.83 bits per heavy atom. The minimum atomic E-state index is -0.991. The van der Waals surface area contributed by atoms with Gasteiger partial charge in [-0.2, -0.15) is 9.83 Å². The molecule has 1 saturated carbocycles. The molecule has 2 N–H and O–H groups in total. The molecule has 36 heavy (non-hydrogen) atoms. The Labute approximate surface area is 211 Å². The number of aromatic nitrogens is 3. The van der Waals surface area contributed by atoms with E-state index in [1.54, 1.807) is 7.05 Å². The number of nitrogens with one attached hydrogen (secondary N) is 2. The van der Waals surface area contributed by atoms with Crippen molar-refractivity contribution in [2.24, 2.45) is 13.0 Å². The van der Waals surface area contributed by atoms with Crippen LogP contribution in [-0.2, 0) is 11.8 Å². The SMILES string of the molecule is Cc1c(-c2c(F)cc(NC(=O)[C@@H](NC(=O)c3ccnn3C)C3CCCCC3)cc2F)c(Cl)cc[n+]1[O-]. The van der Waals surface area contributed by atoms with Crippen molar-refractivity contribution in [3.63, 3.8) is 0 Å². The molecule has 2 heterocycles. The molecule has 2 aromatic heterocycles. The van der Waals surface area contributed by atoms with Gasteiger partial charge < -0.3 is 15.8 Å². The largest absolute Gasteiger partial charge is 0.618 e. The predicted molar refractivity (Wildman–Crippen MR) is 130 cm³/mol. The Kier molecular flexibility index (Phi) is 7.53. The molecule has 11 heteroatoms. The minimum absolute atomic E-state index is 0.0180. The number of carbonyl (C=O) groups is 2. The van der Waals surface area contributed by atoms with Crippen LogP contribution in [0.3, 0.4) is 0 Å². The van der Waals surface area contributed by atoms with Gasteiger partial charge in [-0.25, -0.2) is 8.78 Å². The smallest absolute Gasteiger partial charge is 0.270 e. The summed E-state index contributed by atoms with van der Waals surface area (Å²) in [5.41, 5.74) is -0.322. The van der Waals surface area contributed by atoms with Crippen LogP contribution in [0.15, 0.2) is 36.7 Å². The molecule has 8 nitrogen and oxygen atoms in total. The fourth-order valence-corrected chi connectivity index (χ4v) is 4.98. The molecule has 1 aliphatic carbocycles. The van der Waals surface area contributed by atoms with Crippen molar-refractivity contribution in [2.45, 2.75) is 45.1 Å². The number of rotatable bonds is 6. The lowest BCUT2D eigenvalue weighted by atomic mass is 9.83. The number of benzene rings is 1. The van der Waals surface area contributed by atoms with E-state index in [0.717, 1.165) is 50.4 Å². The summed E-state index contributed by atoms with van der Waals surface area (Å²) in [7, 11) is 1.62. The van der Waals surface area contributed by atoms with Gasteiger partial charge in [0.05, 0.1) is 16.1 Å². The zero-order chi connectivity index (χ0) is 26.0. The molecule has 1 aromatic carbocycles. The summed E-state index contributed by atoms with van der Waals surface area (Å²) in [6.07, 6.45) is 7.00. The number of halogens is 3. The summed E-state index contributed by atoms with van der Waals surface area (Å²) < 4.78 is 32.1. The summed E-state index contributed by atoms with van der Waals surface area (Å²) in [6.45, 7) is 1.41. The second kappa shape index (κ2) is 10.6. The van der Waals surface area contributed by atoms with Gasteiger partial charge in [-0.05, 0) is 37.0 Å². The van der Waals surface area contributed by atoms with Crippen molar-refractivity contribution < 1.29 is 23.1 Å². The topological polar surface area (TPSA) is 103 Å². The molecule has 0 bridgehead atoms. The molecule has 0 aliphatic heterocycles. The van der Waals surface area contributed by atoms with E-state index in [1.165, 1.54) is 29.9 Å². The van der Waals surface area contributed by atoms with Crippen LogP contribution in [-0.4, -0.2) is 27.6 Å². The third-order valence-corrected chi connectivity index (χ3v) is 6.91. The van der Waals surface area contributed by atoms with Crippen LogP contribution in [0.1, 0.15) is 48.3 Å². The fraction of sp³-hybridized carbons (Fsp3) is 0.360. The molecule has 2 amide bonds. The molecular formula is C25H26ClF2N5O3. The Bertz CT molecular complexity index is 1280. The number of nitrogens with zero attached hydrogens (tertiary/aromatic N) is 3. The molecule has 0 radical (unpaired) electrons. The Balaban J connectivity index is 1.61. The third-order valence-electron chi connectivity index (χ3n) is 6.59. The van der Waals surface area contributed by atoms with Crippen molar-refractivity contribution in [2.75, 3.05) is 5.32 Å². The summed E-state index contributed by atoms with van der Waals surface area (Å²) >= 11 is 6.13. The lowest BCUT2D eigenvalue weighted by molar-refractivity contribution is -0.611. The number of pyridine rings is 1. The highest BCUT2D eigenvalue weighted by Crippen LogP contribution is 2.35. The number of aryl methyl sites for hydroxylation is 1. The van der Waals surface area contributed by atoms with Gasteiger partial charge in [0.1, 0.15) is 23.4 Å². The number of carbonyl (C=O) groups excluding carboxylic acids is 2. The molecule has 0 spiro atoms. The van der Waals surface area contributed by atoms with E-state index >= 15 is 8.78 Å². The molecule has 190 valence electrons. The zero-order valence-corrected chi connectivity index (χ0v) is 20.6. The van der Waals surface area contributed by atoms with Gasteiger partial charge in [-0.15, -0.1) is 0 Å². The van der Waals surface area contributed by atoms with Crippen molar-refractivity contribution in [3.05, 3.63) is 69.9 Å². The first-order chi connectivity index (χ1) is 17.2. The van der Waals surface area contributed by atoms with Gasteiger partial charge in [-0.3, -0.25) is 14.3 Å². The normalized spacial score (nSPS) is 14.9. The van der Waals surface area contributed by atoms with Gasteiger partial charge in [-0.1, -0.05) is 30.9 Å².